The maximum atomic E-state index is 12.3. The van der Waals surface area contributed by atoms with Crippen LogP contribution in [0.4, 0.5) is 12.9 Å². The monoisotopic (exact) mass is 224 g/mol. The van der Waals surface area contributed by atoms with E-state index in [1.807, 2.05) is 0 Å². The average Bonchev–Trinajstić information content (AvgIpc) is 2.47. The first kappa shape index (κ1) is 12.8. The van der Waals surface area contributed by atoms with Gasteiger partial charge in [-0.05, 0) is 30.4 Å². The first-order chi connectivity index (χ1) is 6.07. The van der Waals surface area contributed by atoms with E-state index in [9.17, 15) is 12.9 Å². The van der Waals surface area contributed by atoms with Crippen LogP contribution in [0.1, 0.15) is 17.5 Å². The molecule has 0 aliphatic heterocycles. The molecule has 14 heavy (non-hydrogen) atoms. The number of hydrogen-bond donors (Lipinski definition) is 0. The average molecular weight is 224 g/mol. The van der Waals surface area contributed by atoms with Crippen LogP contribution in [0.15, 0.2) is 18.2 Å². The van der Waals surface area contributed by atoms with Gasteiger partial charge in [-0.3, -0.25) is 0 Å². The Balaban J connectivity index is 0.000000980. The van der Waals surface area contributed by atoms with Crippen LogP contribution >= 0.6 is 0 Å². The van der Waals surface area contributed by atoms with Crippen molar-refractivity contribution < 1.29 is 64.3 Å². The molecule has 0 nitrogen and oxygen atoms in total. The number of benzene rings is 1. The normalized spacial score (nSPS) is 14.8. The topological polar surface area (TPSA) is 0 Å². The van der Waals surface area contributed by atoms with Crippen molar-refractivity contribution in [1.82, 2.24) is 0 Å². The first-order valence-corrected chi connectivity index (χ1v) is 4.39. The predicted molar refractivity (Wildman–Crippen MR) is 47.2 cm³/mol. The molecule has 0 amide bonds. The van der Waals surface area contributed by atoms with E-state index in [-0.39, 0.29) is 51.4 Å². The molecule has 0 saturated carbocycles. The third-order valence-electron chi connectivity index (χ3n) is 2.50. The molecule has 1 aliphatic rings. The fourth-order valence-electron chi connectivity index (χ4n) is 1.80. The van der Waals surface area contributed by atoms with Crippen molar-refractivity contribution in [2.45, 2.75) is 19.3 Å². The first-order valence-electron chi connectivity index (χ1n) is 4.39. The molecule has 0 saturated heterocycles. The molecular formula is C9H9BF3K. The van der Waals surface area contributed by atoms with E-state index >= 15 is 0 Å². The summed E-state index contributed by atoms with van der Waals surface area (Å²) in [6.07, 6.45) is 2.72. The fraction of sp³-hybridized carbons (Fsp3) is 0.333. The van der Waals surface area contributed by atoms with Gasteiger partial charge in [-0.1, -0.05) is 18.2 Å². The summed E-state index contributed by atoms with van der Waals surface area (Å²) in [5.41, 5.74) is 1.51. The minimum absolute atomic E-state index is 0. The molecule has 0 heterocycles. The molecule has 0 unspecified atom stereocenters. The predicted octanol–water partition coefficient (Wildman–Crippen LogP) is -0.766. The number of aryl methyl sites for hydroxylation is 2. The van der Waals surface area contributed by atoms with Crippen molar-refractivity contribution in [3.8, 4) is 0 Å². The molecule has 0 fully saturated rings. The quantitative estimate of drug-likeness (QED) is 0.550. The van der Waals surface area contributed by atoms with Crippen LogP contribution < -0.4 is 56.8 Å². The van der Waals surface area contributed by atoms with Crippen molar-refractivity contribution >= 4 is 12.4 Å². The van der Waals surface area contributed by atoms with Crippen LogP contribution in [-0.2, 0) is 12.8 Å². The summed E-state index contributed by atoms with van der Waals surface area (Å²) in [6, 6.07) is 4.12. The minimum atomic E-state index is -4.82. The van der Waals surface area contributed by atoms with E-state index in [0.717, 1.165) is 30.4 Å². The van der Waals surface area contributed by atoms with Crippen LogP contribution in [-0.4, -0.2) is 6.98 Å². The number of hydrogen-bond acceptors (Lipinski definition) is 0. The molecule has 5 heteroatoms. The van der Waals surface area contributed by atoms with Gasteiger partial charge in [0.1, 0.15) is 0 Å². The van der Waals surface area contributed by atoms with E-state index in [4.69, 9.17) is 0 Å². The Morgan fingerprint density at radius 1 is 1.00 bits per heavy atom. The molecule has 0 N–H and O–H groups in total. The summed E-state index contributed by atoms with van der Waals surface area (Å²) in [7, 11) is 0. The van der Waals surface area contributed by atoms with Gasteiger partial charge in [0, 0.05) is 0 Å². The zero-order valence-electron chi connectivity index (χ0n) is 8.06. The standard InChI is InChI=1S/C9H9BF3.K/c11-10(12,13)9-5-4-7-2-1-3-8(7)6-9;/h4-6H,1-3H2;/q-1;+1. The van der Waals surface area contributed by atoms with Gasteiger partial charge >= 0.3 is 58.4 Å². The molecule has 0 atom stereocenters. The molecule has 1 aromatic rings. The fourth-order valence-corrected chi connectivity index (χ4v) is 1.80. The second-order valence-corrected chi connectivity index (χ2v) is 3.46. The van der Waals surface area contributed by atoms with Gasteiger partial charge < -0.3 is 12.9 Å². The van der Waals surface area contributed by atoms with Crippen molar-refractivity contribution in [2.24, 2.45) is 0 Å². The van der Waals surface area contributed by atoms with Gasteiger partial charge in [0.2, 0.25) is 0 Å². The van der Waals surface area contributed by atoms with Gasteiger partial charge in [-0.25, -0.2) is 0 Å². The molecule has 1 aliphatic carbocycles. The second-order valence-electron chi connectivity index (χ2n) is 3.46. The molecular weight excluding hydrogens is 215 g/mol. The minimum Gasteiger partial charge on any atom is -0.445 e. The van der Waals surface area contributed by atoms with Crippen molar-refractivity contribution in [3.63, 3.8) is 0 Å². The van der Waals surface area contributed by atoms with Crippen LogP contribution in [0.3, 0.4) is 0 Å². The van der Waals surface area contributed by atoms with Gasteiger partial charge in [-0.2, -0.15) is 0 Å². The molecule has 1 aromatic carbocycles. The Labute approximate surface area is 124 Å². The Bertz CT molecular complexity index is 335. The largest absolute Gasteiger partial charge is 1.00 e. The van der Waals surface area contributed by atoms with Gasteiger partial charge in [0.15, 0.2) is 0 Å². The summed E-state index contributed by atoms with van der Waals surface area (Å²) < 4.78 is 37.0. The van der Waals surface area contributed by atoms with Crippen LogP contribution in [0.2, 0.25) is 0 Å². The van der Waals surface area contributed by atoms with Crippen molar-refractivity contribution in [1.29, 1.82) is 0 Å². The van der Waals surface area contributed by atoms with Crippen LogP contribution in [0, 0.1) is 0 Å². The van der Waals surface area contributed by atoms with Gasteiger partial charge in [-0.15, -0.1) is 5.46 Å². The van der Waals surface area contributed by atoms with E-state index in [1.54, 1.807) is 6.07 Å². The smallest absolute Gasteiger partial charge is 0.445 e. The summed E-state index contributed by atoms with van der Waals surface area (Å²) in [5.74, 6) is 0. The van der Waals surface area contributed by atoms with Gasteiger partial charge in [0.05, 0.1) is 0 Å². The third-order valence-corrected chi connectivity index (χ3v) is 2.50. The van der Waals surface area contributed by atoms with E-state index < -0.39 is 12.4 Å². The zero-order chi connectivity index (χ0) is 9.47. The Morgan fingerprint density at radius 2 is 1.64 bits per heavy atom. The van der Waals surface area contributed by atoms with E-state index in [2.05, 4.69) is 0 Å². The van der Waals surface area contributed by atoms with Crippen LogP contribution in [0.5, 0.6) is 0 Å². The number of fused-ring (bicyclic) bond motifs is 1. The van der Waals surface area contributed by atoms with Crippen molar-refractivity contribution in [2.75, 3.05) is 0 Å². The Morgan fingerprint density at radius 3 is 2.29 bits per heavy atom. The zero-order valence-corrected chi connectivity index (χ0v) is 11.2. The molecule has 70 valence electrons. The van der Waals surface area contributed by atoms with E-state index in [1.165, 1.54) is 12.1 Å². The van der Waals surface area contributed by atoms with E-state index in [0.29, 0.717) is 0 Å². The Kier molecular flexibility index (Phi) is 4.29. The number of halogens is 3. The summed E-state index contributed by atoms with van der Waals surface area (Å²) >= 11 is 0. The Hall–Kier alpha value is 0.711. The second kappa shape index (κ2) is 4.70. The van der Waals surface area contributed by atoms with Crippen LogP contribution in [0.25, 0.3) is 0 Å². The molecule has 0 bridgehead atoms. The maximum absolute atomic E-state index is 12.3. The van der Waals surface area contributed by atoms with Gasteiger partial charge in [0.25, 0.3) is 0 Å². The molecule has 0 aromatic heterocycles. The maximum Gasteiger partial charge on any atom is 1.00 e. The number of rotatable bonds is 1. The summed E-state index contributed by atoms with van der Waals surface area (Å²) in [6.45, 7) is -4.82. The van der Waals surface area contributed by atoms with Crippen molar-refractivity contribution in [3.05, 3.63) is 29.3 Å². The SMILES string of the molecule is F[B-](F)(F)c1ccc2c(c1)CCC2.[K+]. The summed E-state index contributed by atoms with van der Waals surface area (Å²) in [4.78, 5) is 0. The molecule has 2 rings (SSSR count). The molecule has 0 radical (unpaired) electrons. The third kappa shape index (κ3) is 2.64. The molecule has 0 spiro atoms. The summed E-state index contributed by atoms with van der Waals surface area (Å²) in [5, 5.41) is 0.